The summed E-state index contributed by atoms with van der Waals surface area (Å²) in [5.41, 5.74) is 2.94. The van der Waals surface area contributed by atoms with Crippen LogP contribution in [-0.4, -0.2) is 82.6 Å². The molecule has 3 aromatic rings. The minimum absolute atomic E-state index is 0.174. The van der Waals surface area contributed by atoms with E-state index in [1.165, 1.54) is 0 Å². The molecule has 10 nitrogen and oxygen atoms in total. The number of benzene rings is 2. The molecule has 0 aliphatic carbocycles. The van der Waals surface area contributed by atoms with Crippen molar-refractivity contribution in [2.24, 2.45) is 7.05 Å². The standard InChI is InChI=1S/C26H31ClN6O4/c1-31-23(8-10-28-31)22-18-21(30-26(36)29-20-4-2-19(27)3-5-20)6-7-24(22)37-17-16-33-14-12-32(13-15-33)11-9-25(34)35/h2-8,10,18H,9,11-17H2,1H3,(H,34,35)(H2,29,30,36). The third-order valence-corrected chi connectivity index (χ3v) is 6.46. The number of carboxylic acids is 1. The maximum atomic E-state index is 12.5. The molecule has 0 unspecified atom stereocenters. The quantitative estimate of drug-likeness (QED) is 0.368. The molecule has 0 bridgehead atoms. The number of hydrogen-bond donors (Lipinski definition) is 3. The minimum atomic E-state index is -0.761. The Morgan fingerprint density at radius 2 is 1.62 bits per heavy atom. The fraction of sp³-hybridized carbons (Fsp3) is 0.346. The second-order valence-corrected chi connectivity index (χ2v) is 9.25. The summed E-state index contributed by atoms with van der Waals surface area (Å²) in [4.78, 5) is 27.8. The summed E-state index contributed by atoms with van der Waals surface area (Å²) in [6.45, 7) is 5.32. The van der Waals surface area contributed by atoms with E-state index in [-0.39, 0.29) is 12.5 Å². The fourth-order valence-electron chi connectivity index (χ4n) is 4.17. The molecule has 37 heavy (non-hydrogen) atoms. The molecule has 0 atom stereocenters. The molecule has 3 N–H and O–H groups in total. The number of rotatable bonds is 10. The molecule has 2 aromatic carbocycles. The van der Waals surface area contributed by atoms with E-state index < -0.39 is 5.97 Å². The summed E-state index contributed by atoms with van der Waals surface area (Å²) in [7, 11) is 1.86. The van der Waals surface area contributed by atoms with Gasteiger partial charge in [0.1, 0.15) is 12.4 Å². The molecule has 1 aromatic heterocycles. The summed E-state index contributed by atoms with van der Waals surface area (Å²) in [6, 6.07) is 13.9. The number of aryl methyl sites for hydroxylation is 1. The van der Waals surface area contributed by atoms with Gasteiger partial charge in [-0.05, 0) is 48.5 Å². The number of carbonyl (C=O) groups excluding carboxylic acids is 1. The van der Waals surface area contributed by atoms with Gasteiger partial charge in [-0.2, -0.15) is 5.10 Å². The summed E-state index contributed by atoms with van der Waals surface area (Å²) in [6.07, 6.45) is 1.89. The Kier molecular flexibility index (Phi) is 8.99. The van der Waals surface area contributed by atoms with Gasteiger partial charge in [-0.15, -0.1) is 0 Å². The zero-order chi connectivity index (χ0) is 26.2. The molecule has 1 aliphatic heterocycles. The molecule has 2 heterocycles. The van der Waals surface area contributed by atoms with Crippen molar-refractivity contribution >= 4 is 35.0 Å². The van der Waals surface area contributed by atoms with Crippen LogP contribution in [0.1, 0.15) is 6.42 Å². The predicted octanol–water partition coefficient (Wildman–Crippen LogP) is 3.86. The van der Waals surface area contributed by atoms with E-state index in [0.29, 0.717) is 35.3 Å². The van der Waals surface area contributed by atoms with Gasteiger partial charge < -0.3 is 25.4 Å². The molecule has 1 aliphatic rings. The third kappa shape index (κ3) is 7.69. The first-order valence-corrected chi connectivity index (χ1v) is 12.5. The lowest BCUT2D eigenvalue weighted by Crippen LogP contribution is -2.47. The lowest BCUT2D eigenvalue weighted by Gasteiger charge is -2.34. The fourth-order valence-corrected chi connectivity index (χ4v) is 4.30. The molecule has 4 rings (SSSR count). The van der Waals surface area contributed by atoms with Gasteiger partial charge in [0.05, 0.1) is 12.1 Å². The van der Waals surface area contributed by atoms with E-state index in [1.807, 2.05) is 25.2 Å². The van der Waals surface area contributed by atoms with E-state index in [4.69, 9.17) is 21.4 Å². The Morgan fingerprint density at radius 3 is 2.27 bits per heavy atom. The van der Waals surface area contributed by atoms with Gasteiger partial charge in [0.2, 0.25) is 0 Å². The number of carboxylic acid groups (broad SMARTS) is 1. The minimum Gasteiger partial charge on any atom is -0.492 e. The number of ether oxygens (including phenoxy) is 1. The molecule has 0 radical (unpaired) electrons. The van der Waals surface area contributed by atoms with Crippen molar-refractivity contribution in [3.05, 3.63) is 59.8 Å². The molecule has 0 spiro atoms. The number of amides is 2. The number of aromatic nitrogens is 2. The topological polar surface area (TPSA) is 112 Å². The lowest BCUT2D eigenvalue weighted by molar-refractivity contribution is -0.137. The van der Waals surface area contributed by atoms with Crippen molar-refractivity contribution in [3.63, 3.8) is 0 Å². The number of hydrogen-bond acceptors (Lipinski definition) is 6. The van der Waals surface area contributed by atoms with E-state index in [9.17, 15) is 9.59 Å². The van der Waals surface area contributed by atoms with Gasteiger partial charge in [-0.3, -0.25) is 14.4 Å². The van der Waals surface area contributed by atoms with E-state index in [2.05, 4.69) is 25.5 Å². The number of urea groups is 1. The maximum Gasteiger partial charge on any atom is 0.323 e. The average Bonchev–Trinajstić information content (AvgIpc) is 3.31. The van der Waals surface area contributed by atoms with Crippen LogP contribution in [0.25, 0.3) is 11.3 Å². The zero-order valence-electron chi connectivity index (χ0n) is 20.7. The van der Waals surface area contributed by atoms with Crippen LogP contribution < -0.4 is 15.4 Å². The monoisotopic (exact) mass is 526 g/mol. The molecule has 11 heteroatoms. The second-order valence-electron chi connectivity index (χ2n) is 8.81. The number of halogens is 1. The van der Waals surface area contributed by atoms with Crippen LogP contribution in [0.3, 0.4) is 0 Å². The van der Waals surface area contributed by atoms with Crippen molar-refractivity contribution in [1.82, 2.24) is 19.6 Å². The molecule has 1 saturated heterocycles. The van der Waals surface area contributed by atoms with Crippen molar-refractivity contribution in [1.29, 1.82) is 0 Å². The van der Waals surface area contributed by atoms with Crippen molar-refractivity contribution < 1.29 is 19.4 Å². The predicted molar refractivity (Wildman–Crippen MR) is 143 cm³/mol. The van der Waals surface area contributed by atoms with Gasteiger partial charge in [-0.1, -0.05) is 11.6 Å². The smallest absolute Gasteiger partial charge is 0.323 e. The molecule has 1 fully saturated rings. The third-order valence-electron chi connectivity index (χ3n) is 6.21. The van der Waals surface area contributed by atoms with Gasteiger partial charge in [0.25, 0.3) is 0 Å². The number of aliphatic carboxylic acids is 1. The molecule has 0 saturated carbocycles. The summed E-state index contributed by atoms with van der Waals surface area (Å²) in [5.74, 6) is -0.0594. The van der Waals surface area contributed by atoms with E-state index in [1.54, 1.807) is 41.2 Å². The second kappa shape index (κ2) is 12.6. The van der Waals surface area contributed by atoms with Crippen LogP contribution in [0, 0.1) is 0 Å². The van der Waals surface area contributed by atoms with Crippen LogP contribution in [0.15, 0.2) is 54.7 Å². The van der Waals surface area contributed by atoms with Crippen LogP contribution in [0.2, 0.25) is 5.02 Å². The Labute approximate surface area is 220 Å². The zero-order valence-corrected chi connectivity index (χ0v) is 21.4. The van der Waals surface area contributed by atoms with Gasteiger partial charge in [0, 0.05) is 74.5 Å². The first kappa shape index (κ1) is 26.5. The highest BCUT2D eigenvalue weighted by atomic mass is 35.5. The summed E-state index contributed by atoms with van der Waals surface area (Å²) in [5, 5.41) is 19.4. The largest absolute Gasteiger partial charge is 0.492 e. The first-order chi connectivity index (χ1) is 17.9. The van der Waals surface area contributed by atoms with E-state index >= 15 is 0 Å². The lowest BCUT2D eigenvalue weighted by atomic mass is 10.1. The highest BCUT2D eigenvalue weighted by molar-refractivity contribution is 6.30. The number of carbonyl (C=O) groups is 2. The Balaban J connectivity index is 1.36. The van der Waals surface area contributed by atoms with Crippen LogP contribution in [0.4, 0.5) is 16.2 Å². The van der Waals surface area contributed by atoms with Crippen LogP contribution in [0.5, 0.6) is 5.75 Å². The average molecular weight is 527 g/mol. The number of nitrogens with one attached hydrogen (secondary N) is 2. The molecule has 2 amide bonds. The number of nitrogens with zero attached hydrogens (tertiary/aromatic N) is 4. The van der Waals surface area contributed by atoms with Gasteiger partial charge >= 0.3 is 12.0 Å². The van der Waals surface area contributed by atoms with Crippen molar-refractivity contribution in [3.8, 4) is 17.0 Å². The summed E-state index contributed by atoms with van der Waals surface area (Å²) >= 11 is 5.91. The van der Waals surface area contributed by atoms with Crippen molar-refractivity contribution in [2.45, 2.75) is 6.42 Å². The van der Waals surface area contributed by atoms with Gasteiger partial charge in [-0.25, -0.2) is 4.79 Å². The maximum absolute atomic E-state index is 12.5. The SMILES string of the molecule is Cn1nccc1-c1cc(NC(=O)Nc2ccc(Cl)cc2)ccc1OCCN1CCN(CCC(=O)O)CC1. The highest BCUT2D eigenvalue weighted by Crippen LogP contribution is 2.32. The summed E-state index contributed by atoms with van der Waals surface area (Å²) < 4.78 is 7.94. The Morgan fingerprint density at radius 1 is 0.973 bits per heavy atom. The Hall–Kier alpha value is -3.60. The number of anilines is 2. The van der Waals surface area contributed by atoms with Crippen LogP contribution in [-0.2, 0) is 11.8 Å². The number of piperazine rings is 1. The normalized spacial score (nSPS) is 14.3. The van der Waals surface area contributed by atoms with Crippen LogP contribution >= 0.6 is 11.6 Å². The molecular weight excluding hydrogens is 496 g/mol. The highest BCUT2D eigenvalue weighted by Gasteiger charge is 2.18. The molecular formula is C26H31ClN6O4. The molecule has 196 valence electrons. The van der Waals surface area contributed by atoms with Crippen molar-refractivity contribution in [2.75, 3.05) is 56.5 Å². The Bertz CT molecular complexity index is 1210. The first-order valence-electron chi connectivity index (χ1n) is 12.1. The van der Waals surface area contributed by atoms with E-state index in [0.717, 1.165) is 44.0 Å². The van der Waals surface area contributed by atoms with Gasteiger partial charge in [0.15, 0.2) is 0 Å².